The molecule has 0 aliphatic rings. The number of nitrogens with one attached hydrogen (secondary N) is 1. The molecule has 0 radical (unpaired) electrons. The molecule has 0 fully saturated rings. The van der Waals surface area contributed by atoms with Gasteiger partial charge in [0.15, 0.2) is 0 Å². The van der Waals surface area contributed by atoms with Gasteiger partial charge < -0.3 is 5.32 Å². The van der Waals surface area contributed by atoms with Crippen LogP contribution in [0, 0.1) is 10.1 Å². The van der Waals surface area contributed by atoms with E-state index in [1.54, 1.807) is 12.1 Å². The van der Waals surface area contributed by atoms with Gasteiger partial charge in [0.05, 0.1) is 10.7 Å². The second-order valence-corrected chi connectivity index (χ2v) is 6.29. The number of rotatable bonds is 7. The molecule has 2 rings (SSSR count). The molecular formula is C18H20N2O3S. The van der Waals surface area contributed by atoms with Crippen molar-refractivity contribution in [1.29, 1.82) is 0 Å². The summed E-state index contributed by atoms with van der Waals surface area (Å²) in [4.78, 5) is 23.3. The van der Waals surface area contributed by atoms with Crippen LogP contribution in [-0.2, 0) is 17.6 Å². The van der Waals surface area contributed by atoms with E-state index in [1.165, 1.54) is 23.9 Å². The Morgan fingerprint density at radius 2 is 1.67 bits per heavy atom. The van der Waals surface area contributed by atoms with E-state index in [2.05, 4.69) is 19.2 Å². The third kappa shape index (κ3) is 4.58. The number of nitrogens with zero attached hydrogens (tertiary/aromatic N) is 1. The molecule has 0 bridgehead atoms. The predicted molar refractivity (Wildman–Crippen MR) is 97.6 cm³/mol. The Labute approximate surface area is 145 Å². The topological polar surface area (TPSA) is 72.2 Å². The van der Waals surface area contributed by atoms with E-state index in [0.29, 0.717) is 0 Å². The summed E-state index contributed by atoms with van der Waals surface area (Å²) >= 11 is 1.36. The Morgan fingerprint density at radius 3 is 2.17 bits per heavy atom. The number of amides is 1. The summed E-state index contributed by atoms with van der Waals surface area (Å²) in [6, 6.07) is 12.3. The van der Waals surface area contributed by atoms with Crippen LogP contribution < -0.4 is 5.32 Å². The minimum atomic E-state index is -0.435. The highest BCUT2D eigenvalue weighted by atomic mass is 32.2. The van der Waals surface area contributed by atoms with E-state index in [9.17, 15) is 14.9 Å². The smallest absolute Gasteiger partial charge is 0.269 e. The molecule has 1 amide bonds. The molecule has 0 atom stereocenters. The molecule has 0 aliphatic heterocycles. The highest BCUT2D eigenvalue weighted by molar-refractivity contribution is 8.00. The van der Waals surface area contributed by atoms with E-state index in [1.807, 2.05) is 18.2 Å². The van der Waals surface area contributed by atoms with Crippen molar-refractivity contribution in [2.24, 2.45) is 0 Å². The minimum Gasteiger partial charge on any atom is -0.325 e. The monoisotopic (exact) mass is 344 g/mol. The standard InChI is InChI=1S/C18H20N2O3S/c1-3-13-6-5-7-14(4-2)18(13)19-17(21)12-24-16-10-8-15(9-11-16)20(22)23/h5-11H,3-4,12H2,1-2H3,(H,19,21). The number of carbonyl (C=O) groups excluding carboxylic acids is 1. The summed E-state index contributed by atoms with van der Waals surface area (Å²) in [6.45, 7) is 4.13. The maximum Gasteiger partial charge on any atom is 0.269 e. The maximum absolute atomic E-state index is 12.3. The predicted octanol–water partition coefficient (Wildman–Crippen LogP) is 4.45. The molecule has 0 spiro atoms. The number of carbonyl (C=O) groups is 1. The molecule has 0 saturated carbocycles. The second kappa shape index (κ2) is 8.49. The van der Waals surface area contributed by atoms with Crippen molar-refractivity contribution in [3.05, 3.63) is 63.7 Å². The summed E-state index contributed by atoms with van der Waals surface area (Å²) in [6.07, 6.45) is 1.72. The van der Waals surface area contributed by atoms with Gasteiger partial charge >= 0.3 is 0 Å². The fourth-order valence-corrected chi connectivity index (χ4v) is 3.09. The van der Waals surface area contributed by atoms with Crippen LogP contribution in [0.5, 0.6) is 0 Å². The maximum atomic E-state index is 12.3. The molecular weight excluding hydrogens is 324 g/mol. The number of hydrogen-bond acceptors (Lipinski definition) is 4. The summed E-state index contributed by atoms with van der Waals surface area (Å²) in [5.41, 5.74) is 3.22. The number of para-hydroxylation sites is 1. The normalized spacial score (nSPS) is 10.4. The lowest BCUT2D eigenvalue weighted by Gasteiger charge is -2.14. The van der Waals surface area contributed by atoms with Crippen molar-refractivity contribution >= 4 is 29.0 Å². The van der Waals surface area contributed by atoms with Crippen LogP contribution in [0.25, 0.3) is 0 Å². The lowest BCUT2D eigenvalue weighted by Crippen LogP contribution is -2.16. The summed E-state index contributed by atoms with van der Waals surface area (Å²) in [5.74, 6) is 0.188. The first-order valence-corrected chi connectivity index (χ1v) is 8.81. The highest BCUT2D eigenvalue weighted by Gasteiger charge is 2.11. The van der Waals surface area contributed by atoms with Crippen LogP contribution >= 0.6 is 11.8 Å². The lowest BCUT2D eigenvalue weighted by atomic mass is 10.0. The number of nitro benzene ring substituents is 1. The Kier molecular flexibility index (Phi) is 6.37. The van der Waals surface area contributed by atoms with Crippen molar-refractivity contribution < 1.29 is 9.72 Å². The zero-order valence-corrected chi connectivity index (χ0v) is 14.6. The van der Waals surface area contributed by atoms with Gasteiger partial charge in [0.1, 0.15) is 0 Å². The molecule has 2 aromatic carbocycles. The first-order valence-electron chi connectivity index (χ1n) is 7.83. The van der Waals surface area contributed by atoms with Crippen LogP contribution in [0.15, 0.2) is 47.4 Å². The molecule has 0 unspecified atom stereocenters. The fourth-order valence-electron chi connectivity index (χ4n) is 2.39. The second-order valence-electron chi connectivity index (χ2n) is 5.25. The first kappa shape index (κ1) is 18.0. The first-order chi connectivity index (χ1) is 11.5. The Morgan fingerprint density at radius 1 is 1.08 bits per heavy atom. The Bertz CT molecular complexity index is 707. The van der Waals surface area contributed by atoms with Gasteiger partial charge in [-0.05, 0) is 36.1 Å². The van der Waals surface area contributed by atoms with E-state index in [-0.39, 0.29) is 17.3 Å². The number of thioether (sulfide) groups is 1. The number of nitro groups is 1. The van der Waals surface area contributed by atoms with Gasteiger partial charge in [-0.3, -0.25) is 14.9 Å². The van der Waals surface area contributed by atoms with Crippen molar-refractivity contribution in [3.8, 4) is 0 Å². The quantitative estimate of drug-likeness (QED) is 0.457. The molecule has 126 valence electrons. The summed E-state index contributed by atoms with van der Waals surface area (Å²) in [5, 5.41) is 13.6. The average molecular weight is 344 g/mol. The number of benzene rings is 2. The van der Waals surface area contributed by atoms with Gasteiger partial charge in [-0.2, -0.15) is 0 Å². The summed E-state index contributed by atoms with van der Waals surface area (Å²) < 4.78 is 0. The molecule has 0 aliphatic carbocycles. The zero-order valence-electron chi connectivity index (χ0n) is 13.7. The third-order valence-corrected chi connectivity index (χ3v) is 4.69. The van der Waals surface area contributed by atoms with E-state index in [4.69, 9.17) is 0 Å². The van der Waals surface area contributed by atoms with Gasteiger partial charge in [0, 0.05) is 22.7 Å². The molecule has 0 saturated heterocycles. The molecule has 1 N–H and O–H groups in total. The van der Waals surface area contributed by atoms with Crippen LogP contribution in [0.2, 0.25) is 0 Å². The fraction of sp³-hybridized carbons (Fsp3) is 0.278. The Balaban J connectivity index is 2.00. The Hall–Kier alpha value is -2.34. The van der Waals surface area contributed by atoms with Gasteiger partial charge in [-0.15, -0.1) is 11.8 Å². The minimum absolute atomic E-state index is 0.0493. The van der Waals surface area contributed by atoms with Crippen LogP contribution in [0.4, 0.5) is 11.4 Å². The largest absolute Gasteiger partial charge is 0.325 e. The van der Waals surface area contributed by atoms with Crippen LogP contribution in [-0.4, -0.2) is 16.6 Å². The number of aryl methyl sites for hydroxylation is 2. The SMILES string of the molecule is CCc1cccc(CC)c1NC(=O)CSc1ccc([N+](=O)[O-])cc1. The van der Waals surface area contributed by atoms with Crippen molar-refractivity contribution in [1.82, 2.24) is 0 Å². The average Bonchev–Trinajstić information content (AvgIpc) is 2.60. The molecule has 2 aromatic rings. The number of non-ortho nitro benzene ring substituents is 1. The summed E-state index contributed by atoms with van der Waals surface area (Å²) in [7, 11) is 0. The molecule has 24 heavy (non-hydrogen) atoms. The zero-order chi connectivity index (χ0) is 17.5. The van der Waals surface area contributed by atoms with E-state index >= 15 is 0 Å². The third-order valence-electron chi connectivity index (χ3n) is 3.68. The number of hydrogen-bond donors (Lipinski definition) is 1. The van der Waals surface area contributed by atoms with Crippen molar-refractivity contribution in [2.75, 3.05) is 11.1 Å². The van der Waals surface area contributed by atoms with Crippen molar-refractivity contribution in [2.45, 2.75) is 31.6 Å². The molecule has 5 nitrogen and oxygen atoms in total. The van der Waals surface area contributed by atoms with Crippen molar-refractivity contribution in [3.63, 3.8) is 0 Å². The van der Waals surface area contributed by atoms with E-state index in [0.717, 1.165) is 34.6 Å². The van der Waals surface area contributed by atoms with Gasteiger partial charge in [0.2, 0.25) is 5.91 Å². The van der Waals surface area contributed by atoms with Gasteiger partial charge in [-0.25, -0.2) is 0 Å². The lowest BCUT2D eigenvalue weighted by molar-refractivity contribution is -0.384. The van der Waals surface area contributed by atoms with Gasteiger partial charge in [-0.1, -0.05) is 32.0 Å². The van der Waals surface area contributed by atoms with E-state index < -0.39 is 4.92 Å². The molecule has 0 aromatic heterocycles. The number of anilines is 1. The molecule has 6 heteroatoms. The van der Waals surface area contributed by atoms with Crippen LogP contribution in [0.1, 0.15) is 25.0 Å². The highest BCUT2D eigenvalue weighted by Crippen LogP contribution is 2.24. The van der Waals surface area contributed by atoms with Crippen LogP contribution in [0.3, 0.4) is 0 Å². The van der Waals surface area contributed by atoms with Gasteiger partial charge in [0.25, 0.3) is 5.69 Å². The molecule has 0 heterocycles.